The van der Waals surface area contributed by atoms with Gasteiger partial charge in [0.15, 0.2) is 0 Å². The summed E-state index contributed by atoms with van der Waals surface area (Å²) < 4.78 is 5.92. The molecule has 0 aliphatic rings. The average Bonchev–Trinajstić information content (AvgIpc) is 2.90. The number of benzene rings is 2. The number of hydrogen-bond acceptors (Lipinski definition) is 2. The molecule has 3 heteroatoms. The molecule has 0 aliphatic heterocycles. The SMILES string of the molecule is CCNC(C)c1cccc(-c2cc3cc(Cl)ccc3o2)c1. The summed E-state index contributed by atoms with van der Waals surface area (Å²) in [4.78, 5) is 0. The number of hydrogen-bond donors (Lipinski definition) is 1. The highest BCUT2D eigenvalue weighted by molar-refractivity contribution is 6.31. The Bertz CT molecular complexity index is 763. The smallest absolute Gasteiger partial charge is 0.135 e. The number of rotatable bonds is 4. The first-order valence-electron chi connectivity index (χ1n) is 7.20. The fourth-order valence-corrected chi connectivity index (χ4v) is 2.72. The minimum Gasteiger partial charge on any atom is -0.456 e. The van der Waals surface area contributed by atoms with Gasteiger partial charge in [0, 0.05) is 22.0 Å². The van der Waals surface area contributed by atoms with Gasteiger partial charge in [-0.3, -0.25) is 0 Å². The third kappa shape index (κ3) is 2.97. The van der Waals surface area contributed by atoms with Gasteiger partial charge in [0.1, 0.15) is 11.3 Å². The monoisotopic (exact) mass is 299 g/mol. The van der Waals surface area contributed by atoms with Gasteiger partial charge in [0.05, 0.1) is 0 Å². The third-order valence-corrected chi connectivity index (χ3v) is 3.89. The van der Waals surface area contributed by atoms with Crippen LogP contribution in [0.3, 0.4) is 0 Å². The zero-order valence-corrected chi connectivity index (χ0v) is 12.9. The van der Waals surface area contributed by atoms with E-state index in [0.29, 0.717) is 6.04 Å². The normalized spacial score (nSPS) is 12.7. The molecule has 1 atom stereocenters. The molecule has 0 radical (unpaired) electrons. The van der Waals surface area contributed by atoms with Gasteiger partial charge in [-0.05, 0) is 49.4 Å². The van der Waals surface area contributed by atoms with Crippen LogP contribution in [0.15, 0.2) is 52.9 Å². The van der Waals surface area contributed by atoms with E-state index in [2.05, 4.69) is 43.4 Å². The van der Waals surface area contributed by atoms with Gasteiger partial charge >= 0.3 is 0 Å². The molecule has 0 saturated heterocycles. The van der Waals surface area contributed by atoms with E-state index in [1.54, 1.807) is 0 Å². The Morgan fingerprint density at radius 3 is 2.81 bits per heavy atom. The van der Waals surface area contributed by atoms with Gasteiger partial charge in [0.25, 0.3) is 0 Å². The summed E-state index contributed by atoms with van der Waals surface area (Å²) >= 11 is 6.03. The zero-order chi connectivity index (χ0) is 14.8. The molecular weight excluding hydrogens is 282 g/mol. The summed E-state index contributed by atoms with van der Waals surface area (Å²) in [5, 5.41) is 5.18. The van der Waals surface area contributed by atoms with E-state index in [-0.39, 0.29) is 0 Å². The highest BCUT2D eigenvalue weighted by atomic mass is 35.5. The van der Waals surface area contributed by atoms with E-state index in [1.807, 2.05) is 24.3 Å². The lowest BCUT2D eigenvalue weighted by Gasteiger charge is -2.13. The summed E-state index contributed by atoms with van der Waals surface area (Å²) in [5.41, 5.74) is 3.21. The minimum atomic E-state index is 0.328. The summed E-state index contributed by atoms with van der Waals surface area (Å²) in [6.07, 6.45) is 0. The van der Waals surface area contributed by atoms with Crippen LogP contribution < -0.4 is 5.32 Å². The zero-order valence-electron chi connectivity index (χ0n) is 12.2. The van der Waals surface area contributed by atoms with Crippen molar-refractivity contribution in [3.05, 3.63) is 59.1 Å². The first kappa shape index (κ1) is 14.2. The van der Waals surface area contributed by atoms with Gasteiger partial charge in [-0.15, -0.1) is 0 Å². The lowest BCUT2D eigenvalue weighted by Crippen LogP contribution is -2.17. The molecule has 0 bridgehead atoms. The van der Waals surface area contributed by atoms with Crippen molar-refractivity contribution >= 4 is 22.6 Å². The fraction of sp³-hybridized carbons (Fsp3) is 0.222. The van der Waals surface area contributed by atoms with Gasteiger partial charge in [-0.1, -0.05) is 36.7 Å². The summed E-state index contributed by atoms with van der Waals surface area (Å²) in [5.74, 6) is 0.873. The van der Waals surface area contributed by atoms with Crippen LogP contribution in [-0.4, -0.2) is 6.54 Å². The largest absolute Gasteiger partial charge is 0.456 e. The Morgan fingerprint density at radius 1 is 1.14 bits per heavy atom. The molecule has 1 unspecified atom stereocenters. The van der Waals surface area contributed by atoms with E-state index in [0.717, 1.165) is 33.9 Å². The lowest BCUT2D eigenvalue weighted by atomic mass is 10.0. The molecule has 108 valence electrons. The van der Waals surface area contributed by atoms with Crippen LogP contribution in [0.5, 0.6) is 0 Å². The van der Waals surface area contributed by atoms with E-state index in [9.17, 15) is 0 Å². The topological polar surface area (TPSA) is 25.2 Å². The molecule has 0 saturated carbocycles. The molecule has 3 rings (SSSR count). The van der Waals surface area contributed by atoms with Crippen LogP contribution in [0.25, 0.3) is 22.3 Å². The Labute approximate surface area is 129 Å². The van der Waals surface area contributed by atoms with Crippen molar-refractivity contribution in [1.29, 1.82) is 0 Å². The Morgan fingerprint density at radius 2 is 2.00 bits per heavy atom. The van der Waals surface area contributed by atoms with Crippen LogP contribution in [0.2, 0.25) is 5.02 Å². The van der Waals surface area contributed by atoms with Crippen LogP contribution in [-0.2, 0) is 0 Å². The molecule has 1 aromatic heterocycles. The Balaban J connectivity index is 2.00. The first-order valence-corrected chi connectivity index (χ1v) is 7.58. The molecule has 2 nitrogen and oxygen atoms in total. The van der Waals surface area contributed by atoms with Gasteiger partial charge in [-0.25, -0.2) is 0 Å². The predicted molar refractivity (Wildman–Crippen MR) is 88.8 cm³/mol. The van der Waals surface area contributed by atoms with Gasteiger partial charge in [-0.2, -0.15) is 0 Å². The molecule has 1 heterocycles. The highest BCUT2D eigenvalue weighted by Crippen LogP contribution is 2.30. The Kier molecular flexibility index (Phi) is 4.00. The molecule has 0 fully saturated rings. The van der Waals surface area contributed by atoms with Gasteiger partial charge < -0.3 is 9.73 Å². The summed E-state index contributed by atoms with van der Waals surface area (Å²) in [7, 11) is 0. The van der Waals surface area contributed by atoms with Crippen LogP contribution >= 0.6 is 11.6 Å². The second kappa shape index (κ2) is 5.92. The quantitative estimate of drug-likeness (QED) is 0.695. The average molecular weight is 300 g/mol. The minimum absolute atomic E-state index is 0.328. The number of nitrogens with one attached hydrogen (secondary N) is 1. The molecule has 3 aromatic rings. The second-order valence-electron chi connectivity index (χ2n) is 5.20. The van der Waals surface area contributed by atoms with E-state index in [4.69, 9.17) is 16.0 Å². The fourth-order valence-electron chi connectivity index (χ4n) is 2.54. The van der Waals surface area contributed by atoms with Crippen molar-refractivity contribution in [3.63, 3.8) is 0 Å². The maximum absolute atomic E-state index is 6.03. The number of halogens is 1. The maximum Gasteiger partial charge on any atom is 0.135 e. The van der Waals surface area contributed by atoms with E-state index >= 15 is 0 Å². The summed E-state index contributed by atoms with van der Waals surface area (Å²) in [6.45, 7) is 5.24. The molecule has 1 N–H and O–H groups in total. The second-order valence-corrected chi connectivity index (χ2v) is 5.63. The predicted octanol–water partition coefficient (Wildman–Crippen LogP) is 5.42. The van der Waals surface area contributed by atoms with Gasteiger partial charge in [0.2, 0.25) is 0 Å². The van der Waals surface area contributed by atoms with Crippen LogP contribution in [0.1, 0.15) is 25.5 Å². The lowest BCUT2D eigenvalue weighted by molar-refractivity contribution is 0.597. The molecule has 21 heavy (non-hydrogen) atoms. The molecule has 2 aromatic carbocycles. The first-order chi connectivity index (χ1) is 10.2. The standard InChI is InChI=1S/C18H18ClNO/c1-3-20-12(2)13-5-4-6-14(9-13)18-11-15-10-16(19)7-8-17(15)21-18/h4-12,20H,3H2,1-2H3. The molecule has 0 aliphatic carbocycles. The molecular formula is C18H18ClNO. The number of fused-ring (bicyclic) bond motifs is 1. The van der Waals surface area contributed by atoms with Crippen molar-refractivity contribution in [1.82, 2.24) is 5.32 Å². The van der Waals surface area contributed by atoms with Crippen molar-refractivity contribution in [2.45, 2.75) is 19.9 Å². The maximum atomic E-state index is 6.03. The highest BCUT2D eigenvalue weighted by Gasteiger charge is 2.09. The van der Waals surface area contributed by atoms with Crippen molar-refractivity contribution in [3.8, 4) is 11.3 Å². The number of furan rings is 1. The van der Waals surface area contributed by atoms with E-state index in [1.165, 1.54) is 5.56 Å². The van der Waals surface area contributed by atoms with Crippen molar-refractivity contribution in [2.24, 2.45) is 0 Å². The van der Waals surface area contributed by atoms with Crippen molar-refractivity contribution in [2.75, 3.05) is 6.54 Å². The Hall–Kier alpha value is -1.77. The third-order valence-electron chi connectivity index (χ3n) is 3.66. The van der Waals surface area contributed by atoms with Crippen molar-refractivity contribution < 1.29 is 4.42 Å². The summed E-state index contributed by atoms with van der Waals surface area (Å²) in [6, 6.07) is 16.5. The molecule has 0 spiro atoms. The van der Waals surface area contributed by atoms with Crippen LogP contribution in [0.4, 0.5) is 0 Å². The van der Waals surface area contributed by atoms with E-state index < -0.39 is 0 Å². The molecule has 0 amide bonds. The van der Waals surface area contributed by atoms with Crippen LogP contribution in [0, 0.1) is 0 Å².